The van der Waals surface area contributed by atoms with Gasteiger partial charge >= 0.3 is 0 Å². The zero-order chi connectivity index (χ0) is 25.6. The summed E-state index contributed by atoms with van der Waals surface area (Å²) >= 11 is 0. The van der Waals surface area contributed by atoms with E-state index in [1.807, 2.05) is 30.3 Å². The van der Waals surface area contributed by atoms with Gasteiger partial charge in [-0.2, -0.15) is 0 Å². The Morgan fingerprint density at radius 1 is 1.11 bits per heavy atom. The van der Waals surface area contributed by atoms with Crippen molar-refractivity contribution in [2.75, 3.05) is 13.7 Å². The van der Waals surface area contributed by atoms with E-state index in [-0.39, 0.29) is 11.6 Å². The van der Waals surface area contributed by atoms with Gasteiger partial charge in [-0.15, -0.1) is 5.10 Å². The van der Waals surface area contributed by atoms with Crippen LogP contribution < -0.4 is 10.3 Å². The summed E-state index contributed by atoms with van der Waals surface area (Å²) < 4.78 is 7.40. The molecule has 1 saturated carbocycles. The molecule has 0 bridgehead atoms. The molecule has 2 heterocycles. The lowest BCUT2D eigenvalue weighted by Crippen LogP contribution is -2.34. The van der Waals surface area contributed by atoms with E-state index >= 15 is 0 Å². The molecule has 0 amide bonds. The summed E-state index contributed by atoms with van der Waals surface area (Å²) in [7, 11) is 1.63. The molecule has 0 saturated heterocycles. The average Bonchev–Trinajstić information content (AvgIpc) is 3.42. The SMILES string of the molecule is CCC(c1nnnn1C1CCCCC1)N(CCc1ccccc1)Cc1cc2ccc(OC)cc2[nH]c1=O. The number of hydrogen-bond donors (Lipinski definition) is 1. The quantitative estimate of drug-likeness (QED) is 0.321. The van der Waals surface area contributed by atoms with Crippen molar-refractivity contribution in [2.24, 2.45) is 0 Å². The van der Waals surface area contributed by atoms with Crippen molar-refractivity contribution in [1.29, 1.82) is 0 Å². The highest BCUT2D eigenvalue weighted by Gasteiger charge is 2.29. The number of aromatic amines is 1. The fourth-order valence-electron chi connectivity index (χ4n) is 5.56. The van der Waals surface area contributed by atoms with E-state index in [9.17, 15) is 4.79 Å². The second-order valence-electron chi connectivity index (χ2n) is 9.98. The van der Waals surface area contributed by atoms with Crippen LogP contribution in [-0.4, -0.2) is 43.7 Å². The Morgan fingerprint density at radius 2 is 1.92 bits per heavy atom. The summed E-state index contributed by atoms with van der Waals surface area (Å²) in [5, 5.41) is 14.1. The molecule has 1 aliphatic rings. The van der Waals surface area contributed by atoms with Gasteiger partial charge < -0.3 is 9.72 Å². The highest BCUT2D eigenvalue weighted by atomic mass is 16.5. The number of ether oxygens (including phenoxy) is 1. The Labute approximate surface area is 217 Å². The predicted octanol–water partition coefficient (Wildman–Crippen LogP) is 5.22. The van der Waals surface area contributed by atoms with Crippen LogP contribution in [0, 0.1) is 0 Å². The van der Waals surface area contributed by atoms with Gasteiger partial charge in [0.15, 0.2) is 5.82 Å². The number of hydrogen-bond acceptors (Lipinski definition) is 6. The molecule has 0 radical (unpaired) electrons. The highest BCUT2D eigenvalue weighted by Crippen LogP contribution is 2.32. The minimum atomic E-state index is -0.0767. The lowest BCUT2D eigenvalue weighted by atomic mass is 9.95. The van der Waals surface area contributed by atoms with E-state index in [1.165, 1.54) is 24.8 Å². The fourth-order valence-corrected chi connectivity index (χ4v) is 5.56. The Hall–Kier alpha value is -3.52. The molecule has 1 fully saturated rings. The van der Waals surface area contributed by atoms with Gasteiger partial charge in [-0.05, 0) is 65.3 Å². The third-order valence-corrected chi connectivity index (χ3v) is 7.60. The van der Waals surface area contributed by atoms with Gasteiger partial charge in [0, 0.05) is 24.7 Å². The Kier molecular flexibility index (Phi) is 7.94. The van der Waals surface area contributed by atoms with Crippen LogP contribution in [0.5, 0.6) is 5.75 Å². The average molecular weight is 501 g/mol. The molecule has 1 atom stereocenters. The van der Waals surface area contributed by atoms with Crippen molar-refractivity contribution in [1.82, 2.24) is 30.1 Å². The van der Waals surface area contributed by atoms with Crippen molar-refractivity contribution < 1.29 is 4.74 Å². The summed E-state index contributed by atoms with van der Waals surface area (Å²) in [6.07, 6.45) is 7.69. The first kappa shape index (κ1) is 25.1. The standard InChI is InChI=1S/C29H36N6O2/c1-3-27(28-31-32-33-35(28)24-12-8-5-9-13-24)34(17-16-21-10-6-4-7-11-21)20-23-18-22-14-15-25(37-2)19-26(22)30-29(23)36/h4,6-7,10-11,14-15,18-19,24,27H,3,5,8-9,12-13,16-17,20H2,1-2H3,(H,30,36). The van der Waals surface area contributed by atoms with Gasteiger partial charge in [0.1, 0.15) is 5.75 Å². The van der Waals surface area contributed by atoms with Crippen molar-refractivity contribution in [3.63, 3.8) is 0 Å². The smallest absolute Gasteiger partial charge is 0.252 e. The van der Waals surface area contributed by atoms with E-state index < -0.39 is 0 Å². The number of tetrazole rings is 1. The first-order chi connectivity index (χ1) is 18.2. The molecule has 1 aliphatic carbocycles. The molecule has 1 unspecified atom stereocenters. The molecule has 0 spiro atoms. The van der Waals surface area contributed by atoms with Gasteiger partial charge in [-0.1, -0.05) is 56.5 Å². The van der Waals surface area contributed by atoms with Crippen LogP contribution in [0.4, 0.5) is 0 Å². The third kappa shape index (κ3) is 5.74. The van der Waals surface area contributed by atoms with Crippen molar-refractivity contribution >= 4 is 10.9 Å². The zero-order valence-corrected chi connectivity index (χ0v) is 21.8. The molecule has 194 valence electrons. The van der Waals surface area contributed by atoms with Gasteiger partial charge in [0.05, 0.1) is 24.7 Å². The fraction of sp³-hybridized carbons (Fsp3) is 0.448. The number of rotatable bonds is 10. The van der Waals surface area contributed by atoms with Crippen molar-refractivity contribution in [3.8, 4) is 5.75 Å². The molecule has 0 aliphatic heterocycles. The first-order valence-electron chi connectivity index (χ1n) is 13.4. The largest absolute Gasteiger partial charge is 0.497 e. The molecule has 1 N–H and O–H groups in total. The van der Waals surface area contributed by atoms with Crippen LogP contribution in [0.25, 0.3) is 10.9 Å². The van der Waals surface area contributed by atoms with Gasteiger partial charge in [0.2, 0.25) is 0 Å². The highest BCUT2D eigenvalue weighted by molar-refractivity contribution is 5.80. The van der Waals surface area contributed by atoms with Gasteiger partial charge in [0.25, 0.3) is 5.56 Å². The van der Waals surface area contributed by atoms with Crippen LogP contribution in [-0.2, 0) is 13.0 Å². The number of nitrogens with one attached hydrogen (secondary N) is 1. The van der Waals surface area contributed by atoms with E-state index in [1.54, 1.807) is 7.11 Å². The Morgan fingerprint density at radius 3 is 2.68 bits per heavy atom. The van der Waals surface area contributed by atoms with E-state index in [4.69, 9.17) is 4.74 Å². The van der Waals surface area contributed by atoms with Crippen LogP contribution in [0.1, 0.15) is 74.5 Å². The van der Waals surface area contributed by atoms with E-state index in [2.05, 4.69) is 61.3 Å². The molecular weight excluding hydrogens is 464 g/mol. The summed E-state index contributed by atoms with van der Waals surface area (Å²) in [5.74, 6) is 1.63. The summed E-state index contributed by atoms with van der Waals surface area (Å²) in [4.78, 5) is 18.6. The van der Waals surface area contributed by atoms with E-state index in [0.717, 1.165) is 60.3 Å². The van der Waals surface area contributed by atoms with Crippen molar-refractivity contribution in [3.05, 3.63) is 81.9 Å². The lowest BCUT2D eigenvalue weighted by Gasteiger charge is -2.32. The Bertz CT molecular complexity index is 1360. The van der Waals surface area contributed by atoms with E-state index in [0.29, 0.717) is 12.6 Å². The minimum Gasteiger partial charge on any atom is -0.497 e. The summed E-state index contributed by atoms with van der Waals surface area (Å²) in [6, 6.07) is 18.6. The number of nitrogens with zero attached hydrogens (tertiary/aromatic N) is 5. The molecule has 2 aromatic heterocycles. The number of fused-ring (bicyclic) bond motifs is 1. The van der Waals surface area contributed by atoms with Gasteiger partial charge in [-0.25, -0.2) is 4.68 Å². The van der Waals surface area contributed by atoms with Crippen molar-refractivity contribution in [2.45, 2.75) is 70.5 Å². The summed E-state index contributed by atoms with van der Waals surface area (Å²) in [5.41, 5.74) is 2.71. The number of pyridine rings is 1. The number of methoxy groups -OCH3 is 1. The normalized spacial score (nSPS) is 15.3. The maximum Gasteiger partial charge on any atom is 0.252 e. The zero-order valence-electron chi connectivity index (χ0n) is 21.8. The molecule has 2 aromatic carbocycles. The number of benzene rings is 2. The molecular formula is C29H36N6O2. The lowest BCUT2D eigenvalue weighted by molar-refractivity contribution is 0.165. The number of aromatic nitrogens is 5. The Balaban J connectivity index is 1.47. The maximum atomic E-state index is 13.2. The molecule has 5 rings (SSSR count). The predicted molar refractivity (Wildman–Crippen MR) is 145 cm³/mol. The minimum absolute atomic E-state index is 0.00611. The summed E-state index contributed by atoms with van der Waals surface area (Å²) in [6.45, 7) is 3.48. The third-order valence-electron chi connectivity index (χ3n) is 7.60. The number of H-pyrrole nitrogens is 1. The molecule has 4 aromatic rings. The van der Waals surface area contributed by atoms with Crippen LogP contribution in [0.3, 0.4) is 0 Å². The molecule has 8 heteroatoms. The van der Waals surface area contributed by atoms with Crippen LogP contribution >= 0.6 is 0 Å². The molecule has 37 heavy (non-hydrogen) atoms. The first-order valence-corrected chi connectivity index (χ1v) is 13.4. The van der Waals surface area contributed by atoms with Gasteiger partial charge in [-0.3, -0.25) is 9.69 Å². The monoisotopic (exact) mass is 500 g/mol. The maximum absolute atomic E-state index is 13.2. The second kappa shape index (κ2) is 11.7. The van der Waals surface area contributed by atoms with Crippen LogP contribution in [0.15, 0.2) is 59.4 Å². The van der Waals surface area contributed by atoms with Crippen LogP contribution in [0.2, 0.25) is 0 Å². The molecule has 8 nitrogen and oxygen atoms in total. The second-order valence-corrected chi connectivity index (χ2v) is 9.98. The topological polar surface area (TPSA) is 88.9 Å².